The van der Waals surface area contributed by atoms with Crippen LogP contribution in [0.4, 0.5) is 0 Å². The Kier molecular flexibility index (Phi) is 2.21. The van der Waals surface area contributed by atoms with E-state index in [1.54, 1.807) is 0 Å². The summed E-state index contributed by atoms with van der Waals surface area (Å²) in [5.74, 6) is 1.54. The van der Waals surface area contributed by atoms with Gasteiger partial charge in [-0.3, -0.25) is 4.57 Å². The molecule has 1 heterocycles. The summed E-state index contributed by atoms with van der Waals surface area (Å²) in [6.07, 6.45) is 2.39. The second kappa shape index (κ2) is 3.59. The summed E-state index contributed by atoms with van der Waals surface area (Å²) in [5.41, 5.74) is 2.26. The molecule has 4 heteroatoms. The average molecular weight is 234 g/mol. The number of halogens is 1. The topological polar surface area (TPSA) is 30.7 Å². The van der Waals surface area contributed by atoms with Crippen molar-refractivity contribution in [2.75, 3.05) is 0 Å². The molecule has 0 radical (unpaired) electrons. The standard InChI is InChI=1S/C12H12ClN3/c1-8-3-2-4-10(7-8)16-11(9-5-6-9)14-15-12(16)13/h2-4,7,9H,5-6H2,1H3. The van der Waals surface area contributed by atoms with Crippen molar-refractivity contribution in [2.24, 2.45) is 0 Å². The first-order valence-electron chi connectivity index (χ1n) is 5.43. The quantitative estimate of drug-likeness (QED) is 0.798. The predicted octanol–water partition coefficient (Wildman–Crippen LogP) is 3.11. The maximum Gasteiger partial charge on any atom is 0.229 e. The lowest BCUT2D eigenvalue weighted by molar-refractivity contribution is 0.871. The highest BCUT2D eigenvalue weighted by Crippen LogP contribution is 2.40. The molecular weight excluding hydrogens is 222 g/mol. The van der Waals surface area contributed by atoms with Crippen LogP contribution in [0.5, 0.6) is 0 Å². The lowest BCUT2D eigenvalue weighted by Gasteiger charge is -2.07. The summed E-state index contributed by atoms with van der Waals surface area (Å²) in [5, 5.41) is 8.58. The summed E-state index contributed by atoms with van der Waals surface area (Å²) >= 11 is 6.09. The van der Waals surface area contributed by atoms with Gasteiger partial charge in [0.05, 0.1) is 5.69 Å². The van der Waals surface area contributed by atoms with Crippen molar-refractivity contribution in [3.63, 3.8) is 0 Å². The maximum atomic E-state index is 6.09. The molecule has 82 valence electrons. The van der Waals surface area contributed by atoms with Gasteiger partial charge in [-0.15, -0.1) is 10.2 Å². The smallest absolute Gasteiger partial charge is 0.229 e. The Bertz CT molecular complexity index is 529. The van der Waals surface area contributed by atoms with Crippen LogP contribution in [0.3, 0.4) is 0 Å². The van der Waals surface area contributed by atoms with E-state index in [0.717, 1.165) is 11.5 Å². The van der Waals surface area contributed by atoms with Crippen LogP contribution in [0, 0.1) is 6.92 Å². The summed E-state index contributed by atoms with van der Waals surface area (Å²) < 4.78 is 1.95. The SMILES string of the molecule is Cc1cccc(-n2c(Cl)nnc2C2CC2)c1. The van der Waals surface area contributed by atoms with Gasteiger partial charge in [-0.05, 0) is 49.1 Å². The third-order valence-electron chi connectivity index (χ3n) is 2.85. The van der Waals surface area contributed by atoms with Crippen molar-refractivity contribution in [1.29, 1.82) is 0 Å². The largest absolute Gasteiger partial charge is 0.270 e. The van der Waals surface area contributed by atoms with Crippen molar-refractivity contribution >= 4 is 11.6 Å². The van der Waals surface area contributed by atoms with Gasteiger partial charge in [0.1, 0.15) is 5.82 Å². The zero-order valence-corrected chi connectivity index (χ0v) is 9.78. The van der Waals surface area contributed by atoms with Crippen LogP contribution in [-0.4, -0.2) is 14.8 Å². The second-order valence-corrected chi connectivity index (χ2v) is 4.61. The molecule has 0 aliphatic heterocycles. The third-order valence-corrected chi connectivity index (χ3v) is 3.10. The number of nitrogens with zero attached hydrogens (tertiary/aromatic N) is 3. The normalized spacial score (nSPS) is 15.4. The molecule has 1 aliphatic rings. The van der Waals surface area contributed by atoms with E-state index < -0.39 is 0 Å². The monoisotopic (exact) mass is 233 g/mol. The number of rotatable bonds is 2. The summed E-state index contributed by atoms with van der Waals surface area (Å²) in [7, 11) is 0. The summed E-state index contributed by atoms with van der Waals surface area (Å²) in [6.45, 7) is 2.07. The van der Waals surface area contributed by atoms with Crippen LogP contribution in [-0.2, 0) is 0 Å². The number of hydrogen-bond donors (Lipinski definition) is 0. The van der Waals surface area contributed by atoms with Gasteiger partial charge < -0.3 is 0 Å². The van der Waals surface area contributed by atoms with E-state index in [9.17, 15) is 0 Å². The average Bonchev–Trinajstić information content (AvgIpc) is 3.02. The van der Waals surface area contributed by atoms with Gasteiger partial charge in [0.15, 0.2) is 0 Å². The first-order chi connectivity index (χ1) is 7.75. The Morgan fingerprint density at radius 2 is 2.12 bits per heavy atom. The van der Waals surface area contributed by atoms with Crippen LogP contribution in [0.15, 0.2) is 24.3 Å². The van der Waals surface area contributed by atoms with Gasteiger partial charge in [-0.1, -0.05) is 12.1 Å². The number of aromatic nitrogens is 3. The fourth-order valence-electron chi connectivity index (χ4n) is 1.89. The zero-order valence-electron chi connectivity index (χ0n) is 9.02. The highest BCUT2D eigenvalue weighted by molar-refractivity contribution is 6.28. The van der Waals surface area contributed by atoms with Gasteiger partial charge in [0, 0.05) is 5.92 Å². The zero-order chi connectivity index (χ0) is 11.1. The van der Waals surface area contributed by atoms with Gasteiger partial charge in [0.25, 0.3) is 0 Å². The molecule has 0 unspecified atom stereocenters. The van der Waals surface area contributed by atoms with Crippen molar-refractivity contribution in [3.05, 3.63) is 40.9 Å². The first-order valence-corrected chi connectivity index (χ1v) is 5.81. The Labute approximate surface area is 99.1 Å². The van der Waals surface area contributed by atoms with Crippen LogP contribution in [0.2, 0.25) is 5.28 Å². The van der Waals surface area contributed by atoms with E-state index in [-0.39, 0.29) is 0 Å². The van der Waals surface area contributed by atoms with E-state index in [0.29, 0.717) is 11.2 Å². The lowest BCUT2D eigenvalue weighted by atomic mass is 10.2. The molecule has 1 aliphatic carbocycles. The molecule has 1 fully saturated rings. The molecule has 1 saturated carbocycles. The van der Waals surface area contributed by atoms with E-state index >= 15 is 0 Å². The molecule has 3 nitrogen and oxygen atoms in total. The van der Waals surface area contributed by atoms with Gasteiger partial charge >= 0.3 is 0 Å². The molecule has 0 spiro atoms. The van der Waals surface area contributed by atoms with Crippen molar-refractivity contribution in [1.82, 2.24) is 14.8 Å². The molecule has 0 atom stereocenters. The number of hydrogen-bond acceptors (Lipinski definition) is 2. The number of benzene rings is 1. The Morgan fingerprint density at radius 3 is 2.81 bits per heavy atom. The van der Waals surface area contributed by atoms with Crippen molar-refractivity contribution < 1.29 is 0 Å². The summed E-state index contributed by atoms with van der Waals surface area (Å²) in [4.78, 5) is 0. The van der Waals surface area contributed by atoms with E-state index in [1.807, 2.05) is 16.7 Å². The van der Waals surface area contributed by atoms with Crippen molar-refractivity contribution in [2.45, 2.75) is 25.7 Å². The Balaban J connectivity index is 2.14. The Hall–Kier alpha value is -1.35. The lowest BCUT2D eigenvalue weighted by Crippen LogP contribution is -2.00. The van der Waals surface area contributed by atoms with Gasteiger partial charge in [-0.2, -0.15) is 0 Å². The van der Waals surface area contributed by atoms with E-state index in [2.05, 4.69) is 29.3 Å². The highest BCUT2D eigenvalue weighted by atomic mass is 35.5. The van der Waals surface area contributed by atoms with Crippen LogP contribution < -0.4 is 0 Å². The maximum absolute atomic E-state index is 6.09. The molecule has 1 aromatic carbocycles. The fraction of sp³-hybridized carbons (Fsp3) is 0.333. The third kappa shape index (κ3) is 1.61. The van der Waals surface area contributed by atoms with Crippen molar-refractivity contribution in [3.8, 4) is 5.69 Å². The molecule has 0 N–H and O–H groups in total. The molecule has 0 bridgehead atoms. The Morgan fingerprint density at radius 1 is 1.31 bits per heavy atom. The van der Waals surface area contributed by atoms with Gasteiger partial charge in [-0.25, -0.2) is 0 Å². The summed E-state index contributed by atoms with van der Waals surface area (Å²) in [6, 6.07) is 8.23. The predicted molar refractivity (Wildman–Crippen MR) is 63.1 cm³/mol. The van der Waals surface area contributed by atoms with Crippen LogP contribution in [0.25, 0.3) is 5.69 Å². The molecule has 16 heavy (non-hydrogen) atoms. The van der Waals surface area contributed by atoms with E-state index in [4.69, 9.17) is 11.6 Å². The molecule has 3 rings (SSSR count). The molecular formula is C12H12ClN3. The molecule has 0 amide bonds. The molecule has 0 saturated heterocycles. The molecule has 2 aromatic rings. The fourth-order valence-corrected chi connectivity index (χ4v) is 2.11. The number of aryl methyl sites for hydroxylation is 1. The minimum absolute atomic E-state index is 0.451. The van der Waals surface area contributed by atoms with Gasteiger partial charge in [0.2, 0.25) is 5.28 Å². The minimum atomic E-state index is 0.451. The molecule has 1 aromatic heterocycles. The van der Waals surface area contributed by atoms with E-state index in [1.165, 1.54) is 18.4 Å². The minimum Gasteiger partial charge on any atom is -0.270 e. The van der Waals surface area contributed by atoms with Crippen LogP contribution >= 0.6 is 11.6 Å². The highest BCUT2D eigenvalue weighted by Gasteiger charge is 2.30. The van der Waals surface area contributed by atoms with Crippen LogP contribution in [0.1, 0.15) is 30.1 Å². The first kappa shape index (κ1) is 9.85. The second-order valence-electron chi connectivity index (χ2n) is 4.28.